The van der Waals surface area contributed by atoms with E-state index in [0.717, 1.165) is 0 Å². The Hall–Kier alpha value is -4.59. The normalized spacial score (nSPS) is 14.7. The molecular weight excluding hydrogens is 460 g/mol. The molecule has 5 N–H and O–H groups in total. The van der Waals surface area contributed by atoms with Crippen LogP contribution in [0.3, 0.4) is 0 Å². The van der Waals surface area contributed by atoms with Crippen LogP contribution in [0.4, 0.5) is 11.4 Å². The van der Waals surface area contributed by atoms with Crippen molar-refractivity contribution in [3.05, 3.63) is 91.8 Å². The fourth-order valence-electron chi connectivity index (χ4n) is 4.30. The van der Waals surface area contributed by atoms with Gasteiger partial charge in [0, 0.05) is 61.8 Å². The molecule has 188 valence electrons. The van der Waals surface area contributed by atoms with Crippen LogP contribution in [0.5, 0.6) is 23.0 Å². The average Bonchev–Trinajstić information content (AvgIpc) is 2.82. The van der Waals surface area contributed by atoms with E-state index in [4.69, 9.17) is 0 Å². The van der Waals surface area contributed by atoms with Gasteiger partial charge in [-0.1, -0.05) is 24.3 Å². The fourth-order valence-corrected chi connectivity index (χ4v) is 4.30. The summed E-state index contributed by atoms with van der Waals surface area (Å²) in [6.45, 7) is 16.4. The number of phenols is 4. The van der Waals surface area contributed by atoms with Gasteiger partial charge in [-0.25, -0.2) is 0 Å². The summed E-state index contributed by atoms with van der Waals surface area (Å²) in [5.74, 6) is -4.11. The van der Waals surface area contributed by atoms with E-state index < -0.39 is 29.0 Å². The molecule has 0 saturated carbocycles. The number of hydrogen-bond donors (Lipinski definition) is 5. The molecule has 1 atom stereocenters. The first kappa shape index (κ1) is 26.0. The van der Waals surface area contributed by atoms with Gasteiger partial charge in [0.25, 0.3) is 0 Å². The number of nitrogens with zero attached hydrogens (tertiary/aromatic N) is 2. The number of carbonyl (C=O) groups excluding carboxylic acids is 1. The summed E-state index contributed by atoms with van der Waals surface area (Å²) in [6.07, 6.45) is 6.61. The van der Waals surface area contributed by atoms with Crippen LogP contribution in [0.15, 0.2) is 80.6 Å². The number of anilines is 2. The number of rotatable bonds is 12. The molecule has 1 unspecified atom stereocenters. The number of phenolic OH excluding ortho intramolecular Hbond substituents is 4. The van der Waals surface area contributed by atoms with Gasteiger partial charge in [0.15, 0.2) is 5.78 Å². The molecule has 1 aliphatic rings. The lowest BCUT2D eigenvalue weighted by Gasteiger charge is -2.31. The number of carbonyl (C=O) groups is 1. The quantitative estimate of drug-likeness (QED) is 0.276. The maximum Gasteiger partial charge on any atom is 0.182 e. The Morgan fingerprint density at radius 1 is 0.667 bits per heavy atom. The summed E-state index contributed by atoms with van der Waals surface area (Å²) in [4.78, 5) is 16.7. The highest BCUT2D eigenvalue weighted by molar-refractivity contribution is 6.33. The molecule has 0 saturated heterocycles. The number of aliphatic hydroxyl groups excluding tert-OH is 1. The molecule has 8 heteroatoms. The van der Waals surface area contributed by atoms with Crippen LogP contribution in [-0.4, -0.2) is 57.5 Å². The first-order valence-electron chi connectivity index (χ1n) is 11.2. The molecule has 1 aliphatic carbocycles. The lowest BCUT2D eigenvalue weighted by Crippen LogP contribution is -2.29. The number of aromatic hydroxyl groups is 4. The van der Waals surface area contributed by atoms with Gasteiger partial charge in [-0.05, 0) is 0 Å². The lowest BCUT2D eigenvalue weighted by atomic mass is 9.74. The van der Waals surface area contributed by atoms with Crippen molar-refractivity contribution in [2.75, 3.05) is 36.0 Å². The van der Waals surface area contributed by atoms with Gasteiger partial charge >= 0.3 is 0 Å². The van der Waals surface area contributed by atoms with Crippen LogP contribution in [0, 0.1) is 0 Å². The molecule has 0 spiro atoms. The largest absolute Gasteiger partial charge is 0.510 e. The monoisotopic (exact) mass is 490 g/mol. The maximum atomic E-state index is 13.1. The molecular formula is C28H30N2O6. The Bertz CT molecular complexity index is 1200. The number of aliphatic hydroxyl groups is 1. The third-order valence-electron chi connectivity index (χ3n) is 5.91. The smallest absolute Gasteiger partial charge is 0.182 e. The van der Waals surface area contributed by atoms with Crippen molar-refractivity contribution in [1.29, 1.82) is 0 Å². The maximum absolute atomic E-state index is 13.1. The summed E-state index contributed by atoms with van der Waals surface area (Å²) in [6, 6.07) is 5.47. The lowest BCUT2D eigenvalue weighted by molar-refractivity contribution is -0.116. The second kappa shape index (κ2) is 10.8. The minimum Gasteiger partial charge on any atom is -0.510 e. The van der Waals surface area contributed by atoms with Gasteiger partial charge in [0.2, 0.25) is 0 Å². The van der Waals surface area contributed by atoms with Gasteiger partial charge < -0.3 is 35.3 Å². The topological polar surface area (TPSA) is 125 Å². The van der Waals surface area contributed by atoms with Crippen molar-refractivity contribution in [1.82, 2.24) is 0 Å². The first-order valence-corrected chi connectivity index (χ1v) is 11.2. The molecule has 0 aromatic heterocycles. The zero-order valence-electron chi connectivity index (χ0n) is 19.9. The molecule has 0 amide bonds. The summed E-state index contributed by atoms with van der Waals surface area (Å²) in [5.41, 5.74) is 0.252. The van der Waals surface area contributed by atoms with Crippen LogP contribution < -0.4 is 9.80 Å². The number of ketones is 1. The molecule has 8 nitrogen and oxygen atoms in total. The molecule has 3 rings (SSSR count). The Balaban J connectivity index is 2.02. The van der Waals surface area contributed by atoms with E-state index in [1.54, 1.807) is 34.1 Å². The SMILES string of the molecule is C=CCN(CC=C)c1cc(O)c(C2=C(O)C(c3c(O)cc(N(CC=C)CC=C)cc3O)C2=O)c(O)c1. The highest BCUT2D eigenvalue weighted by atomic mass is 16.3. The molecule has 2 aromatic rings. The van der Waals surface area contributed by atoms with E-state index in [9.17, 15) is 30.3 Å². The van der Waals surface area contributed by atoms with Crippen LogP contribution in [0.1, 0.15) is 17.0 Å². The second-order valence-corrected chi connectivity index (χ2v) is 8.28. The van der Waals surface area contributed by atoms with Crippen LogP contribution in [-0.2, 0) is 4.79 Å². The van der Waals surface area contributed by atoms with Crippen LogP contribution in [0.2, 0.25) is 0 Å². The average molecular weight is 491 g/mol. The first-order chi connectivity index (χ1) is 17.2. The molecule has 0 fully saturated rings. The summed E-state index contributed by atoms with van der Waals surface area (Å²) < 4.78 is 0. The Morgan fingerprint density at radius 3 is 1.36 bits per heavy atom. The van der Waals surface area contributed by atoms with Crippen LogP contribution >= 0.6 is 0 Å². The molecule has 0 aliphatic heterocycles. The molecule has 2 aromatic carbocycles. The van der Waals surface area contributed by atoms with Crippen molar-refractivity contribution in [3.63, 3.8) is 0 Å². The van der Waals surface area contributed by atoms with Crippen molar-refractivity contribution in [2.45, 2.75) is 5.92 Å². The molecule has 0 heterocycles. The third kappa shape index (κ3) is 4.65. The number of hydrogen-bond acceptors (Lipinski definition) is 8. The number of allylic oxidation sites excluding steroid dienone is 2. The zero-order chi connectivity index (χ0) is 26.6. The van der Waals surface area contributed by atoms with E-state index in [2.05, 4.69) is 26.3 Å². The van der Waals surface area contributed by atoms with Gasteiger partial charge in [-0.15, -0.1) is 26.3 Å². The van der Waals surface area contributed by atoms with Crippen molar-refractivity contribution in [3.8, 4) is 23.0 Å². The summed E-state index contributed by atoms with van der Waals surface area (Å²) in [7, 11) is 0. The molecule has 0 bridgehead atoms. The number of Topliss-reactive ketones (excluding diaryl/α,β-unsaturated/α-hetero) is 1. The van der Waals surface area contributed by atoms with Gasteiger partial charge in [0.1, 0.15) is 34.7 Å². The summed E-state index contributed by atoms with van der Waals surface area (Å²) in [5, 5.41) is 53.3. The van der Waals surface area contributed by atoms with E-state index in [1.807, 2.05) is 0 Å². The van der Waals surface area contributed by atoms with Crippen molar-refractivity contribution < 1.29 is 30.3 Å². The van der Waals surface area contributed by atoms with E-state index >= 15 is 0 Å². The van der Waals surface area contributed by atoms with E-state index in [-0.39, 0.29) is 28.2 Å². The Labute approximate surface area is 210 Å². The van der Waals surface area contributed by atoms with Gasteiger partial charge in [-0.3, -0.25) is 4.79 Å². The van der Waals surface area contributed by atoms with Gasteiger partial charge in [-0.2, -0.15) is 0 Å². The minimum absolute atomic E-state index is 0.166. The molecule has 36 heavy (non-hydrogen) atoms. The minimum atomic E-state index is -1.35. The van der Waals surface area contributed by atoms with Crippen molar-refractivity contribution in [2.24, 2.45) is 0 Å². The predicted octanol–water partition coefficient (Wildman–Crippen LogP) is 4.50. The van der Waals surface area contributed by atoms with E-state index in [0.29, 0.717) is 37.6 Å². The van der Waals surface area contributed by atoms with E-state index in [1.165, 1.54) is 24.3 Å². The predicted molar refractivity (Wildman–Crippen MR) is 142 cm³/mol. The van der Waals surface area contributed by atoms with Crippen molar-refractivity contribution >= 4 is 22.7 Å². The fraction of sp³-hybridized carbons (Fsp3) is 0.179. The van der Waals surface area contributed by atoms with Gasteiger partial charge in [0.05, 0.1) is 16.7 Å². The Kier molecular flexibility index (Phi) is 7.79. The van der Waals surface area contributed by atoms with Crippen LogP contribution in [0.25, 0.3) is 5.57 Å². The standard InChI is InChI=1S/C28H30N2O6/c1-5-9-29(10-6-2)17-13-19(31)23(20(32)14-17)25-27(35)26(28(25)36)24-21(33)15-18(16-22(24)34)30(11-7-3)12-8-4/h5-8,13-16,25,31-35H,1-4,9-12H2. The summed E-state index contributed by atoms with van der Waals surface area (Å²) >= 11 is 0. The highest BCUT2D eigenvalue weighted by Crippen LogP contribution is 2.52. The zero-order valence-corrected chi connectivity index (χ0v) is 19.9. The third-order valence-corrected chi connectivity index (χ3v) is 5.91. The number of benzene rings is 2. The highest BCUT2D eigenvalue weighted by Gasteiger charge is 2.46. The second-order valence-electron chi connectivity index (χ2n) is 8.28. The molecule has 0 radical (unpaired) electrons. The Morgan fingerprint density at radius 2 is 1.03 bits per heavy atom.